The summed E-state index contributed by atoms with van der Waals surface area (Å²) in [5.41, 5.74) is 1.46. The highest BCUT2D eigenvalue weighted by atomic mass is 32.1. The number of hydrogen-bond acceptors (Lipinski definition) is 4. The van der Waals surface area contributed by atoms with E-state index in [2.05, 4.69) is 15.4 Å². The fraction of sp³-hybridized carbons (Fsp3) is 0.471. The lowest BCUT2D eigenvalue weighted by Crippen LogP contribution is -2.30. The summed E-state index contributed by atoms with van der Waals surface area (Å²) in [5.74, 6) is -0.209. The maximum atomic E-state index is 12.2. The topological polar surface area (TPSA) is 70.7 Å². The average molecular weight is 351 g/mol. The summed E-state index contributed by atoms with van der Waals surface area (Å²) in [6.45, 7) is 5.88. The van der Waals surface area contributed by atoms with E-state index in [0.717, 1.165) is 5.69 Å². The van der Waals surface area contributed by atoms with E-state index in [4.69, 9.17) is 12.2 Å². The molecular formula is C17H25N3O3S. The van der Waals surface area contributed by atoms with E-state index in [-0.39, 0.29) is 11.9 Å². The zero-order chi connectivity index (χ0) is 17.9. The molecule has 0 atom stereocenters. The number of nitrogens with zero attached hydrogens (tertiary/aromatic N) is 1. The van der Waals surface area contributed by atoms with Crippen molar-refractivity contribution in [2.45, 2.75) is 26.7 Å². The zero-order valence-corrected chi connectivity index (χ0v) is 15.2. The number of carbonyl (C=O) groups excluding carboxylic acids is 2. The van der Waals surface area contributed by atoms with Gasteiger partial charge in [0.15, 0.2) is 5.11 Å². The summed E-state index contributed by atoms with van der Waals surface area (Å²) in [7, 11) is 1.37. The van der Waals surface area contributed by atoms with E-state index in [9.17, 15) is 9.59 Å². The number of esters is 1. The number of ether oxygens (including phenoxy) is 1. The number of amides is 1. The molecule has 0 aliphatic rings. The third kappa shape index (κ3) is 6.54. The molecule has 1 aromatic carbocycles. The molecule has 0 aliphatic carbocycles. The van der Waals surface area contributed by atoms with Gasteiger partial charge in [-0.1, -0.05) is 0 Å². The summed E-state index contributed by atoms with van der Waals surface area (Å²) in [6, 6.07) is 7.20. The first-order valence-corrected chi connectivity index (χ1v) is 8.43. The van der Waals surface area contributed by atoms with Crippen LogP contribution in [-0.2, 0) is 9.53 Å². The van der Waals surface area contributed by atoms with Crippen molar-refractivity contribution < 1.29 is 14.3 Å². The van der Waals surface area contributed by atoms with Crippen LogP contribution in [0.25, 0.3) is 0 Å². The van der Waals surface area contributed by atoms with Gasteiger partial charge in [0.25, 0.3) is 5.91 Å². The fourth-order valence-corrected chi connectivity index (χ4v) is 2.32. The second-order valence-electron chi connectivity index (χ2n) is 5.12. The van der Waals surface area contributed by atoms with Crippen molar-refractivity contribution in [2.75, 3.05) is 32.1 Å². The van der Waals surface area contributed by atoms with Crippen molar-refractivity contribution in [3.05, 3.63) is 29.8 Å². The molecule has 1 rings (SSSR count). The van der Waals surface area contributed by atoms with E-state index in [0.29, 0.717) is 43.2 Å². The number of rotatable bonds is 8. The lowest BCUT2D eigenvalue weighted by Gasteiger charge is -2.18. The van der Waals surface area contributed by atoms with Gasteiger partial charge in [0.1, 0.15) is 0 Å². The molecule has 0 aromatic heterocycles. The Bertz CT molecular complexity index is 557. The first-order chi connectivity index (χ1) is 11.5. The van der Waals surface area contributed by atoms with E-state index in [1.165, 1.54) is 7.11 Å². The zero-order valence-electron chi connectivity index (χ0n) is 14.4. The fourth-order valence-electron chi connectivity index (χ4n) is 2.10. The molecule has 0 bridgehead atoms. The SMILES string of the molecule is CCN(CC)C(=O)c1ccc(NC(=S)NCCCC(=O)OC)cc1. The molecule has 0 saturated carbocycles. The van der Waals surface area contributed by atoms with E-state index < -0.39 is 0 Å². The summed E-state index contributed by atoms with van der Waals surface area (Å²) < 4.78 is 4.57. The van der Waals surface area contributed by atoms with Crippen molar-refractivity contribution in [3.63, 3.8) is 0 Å². The molecule has 0 aliphatic heterocycles. The molecular weight excluding hydrogens is 326 g/mol. The molecule has 24 heavy (non-hydrogen) atoms. The predicted molar refractivity (Wildman–Crippen MR) is 99.2 cm³/mol. The average Bonchev–Trinajstić information content (AvgIpc) is 2.60. The van der Waals surface area contributed by atoms with Gasteiger partial charge in [-0.15, -0.1) is 0 Å². The van der Waals surface area contributed by atoms with Crippen LogP contribution in [0, 0.1) is 0 Å². The minimum atomic E-state index is -0.232. The van der Waals surface area contributed by atoms with E-state index >= 15 is 0 Å². The number of methoxy groups -OCH3 is 1. The van der Waals surface area contributed by atoms with Gasteiger partial charge in [-0.2, -0.15) is 0 Å². The molecule has 0 spiro atoms. The van der Waals surface area contributed by atoms with Crippen LogP contribution >= 0.6 is 12.2 Å². The van der Waals surface area contributed by atoms with Gasteiger partial charge in [-0.05, 0) is 56.8 Å². The largest absolute Gasteiger partial charge is 0.469 e. The Kier molecular flexibility index (Phi) is 8.78. The molecule has 2 N–H and O–H groups in total. The quantitative estimate of drug-likeness (QED) is 0.426. The predicted octanol–water partition coefficient (Wildman–Crippen LogP) is 2.41. The Hall–Kier alpha value is -2.15. The van der Waals surface area contributed by atoms with Gasteiger partial charge in [0.05, 0.1) is 7.11 Å². The van der Waals surface area contributed by atoms with Crippen LogP contribution in [0.1, 0.15) is 37.0 Å². The number of thiocarbonyl (C=S) groups is 1. The van der Waals surface area contributed by atoms with Gasteiger partial charge in [0.2, 0.25) is 0 Å². The highest BCUT2D eigenvalue weighted by molar-refractivity contribution is 7.80. The van der Waals surface area contributed by atoms with Gasteiger partial charge >= 0.3 is 5.97 Å². The first kappa shape index (κ1) is 19.9. The number of nitrogens with one attached hydrogen (secondary N) is 2. The van der Waals surface area contributed by atoms with Crippen LogP contribution in [0.2, 0.25) is 0 Å². The summed E-state index contributed by atoms with van der Waals surface area (Å²) in [4.78, 5) is 25.0. The highest BCUT2D eigenvalue weighted by Crippen LogP contribution is 2.11. The van der Waals surface area contributed by atoms with Crippen LogP contribution in [-0.4, -0.2) is 48.6 Å². The minimum Gasteiger partial charge on any atom is -0.469 e. The molecule has 0 fully saturated rings. The second kappa shape index (κ2) is 10.6. The van der Waals surface area contributed by atoms with E-state index in [1.54, 1.807) is 17.0 Å². The van der Waals surface area contributed by atoms with Crippen LogP contribution < -0.4 is 10.6 Å². The van der Waals surface area contributed by atoms with Crippen molar-refractivity contribution in [1.82, 2.24) is 10.2 Å². The van der Waals surface area contributed by atoms with Crippen LogP contribution in [0.15, 0.2) is 24.3 Å². The standard InChI is InChI=1S/C17H25N3O3S/c1-4-20(5-2)16(22)13-8-10-14(11-9-13)19-17(24)18-12-6-7-15(21)23-3/h8-11H,4-7,12H2,1-3H3,(H2,18,19,24). The number of carbonyl (C=O) groups is 2. The molecule has 7 heteroatoms. The molecule has 132 valence electrons. The van der Waals surface area contributed by atoms with Crippen molar-refractivity contribution >= 4 is 34.9 Å². The normalized spacial score (nSPS) is 9.96. The summed E-state index contributed by atoms with van der Waals surface area (Å²) in [5, 5.41) is 6.54. The Morgan fingerprint density at radius 1 is 1.17 bits per heavy atom. The minimum absolute atomic E-state index is 0.0232. The molecule has 0 unspecified atom stereocenters. The Balaban J connectivity index is 2.45. The second-order valence-corrected chi connectivity index (χ2v) is 5.52. The van der Waals surface area contributed by atoms with Gasteiger partial charge in [0, 0.05) is 37.3 Å². The number of anilines is 1. The molecule has 0 heterocycles. The lowest BCUT2D eigenvalue weighted by molar-refractivity contribution is -0.140. The maximum absolute atomic E-state index is 12.2. The molecule has 1 aromatic rings. The molecule has 0 radical (unpaired) electrons. The lowest BCUT2D eigenvalue weighted by atomic mass is 10.2. The first-order valence-electron chi connectivity index (χ1n) is 8.02. The number of benzene rings is 1. The molecule has 1 amide bonds. The molecule has 0 saturated heterocycles. The molecule has 6 nitrogen and oxygen atoms in total. The summed E-state index contributed by atoms with van der Waals surface area (Å²) in [6.07, 6.45) is 1.00. The van der Waals surface area contributed by atoms with E-state index in [1.807, 2.05) is 26.0 Å². The third-order valence-corrected chi connectivity index (χ3v) is 3.76. The van der Waals surface area contributed by atoms with Crippen molar-refractivity contribution in [1.29, 1.82) is 0 Å². The van der Waals surface area contributed by atoms with Gasteiger partial charge in [-0.3, -0.25) is 9.59 Å². The Morgan fingerprint density at radius 3 is 2.33 bits per heavy atom. The van der Waals surface area contributed by atoms with Gasteiger partial charge < -0.3 is 20.3 Å². The van der Waals surface area contributed by atoms with Crippen LogP contribution in [0.5, 0.6) is 0 Å². The monoisotopic (exact) mass is 351 g/mol. The number of hydrogen-bond donors (Lipinski definition) is 2. The Labute approximate surface area is 148 Å². The van der Waals surface area contributed by atoms with Crippen molar-refractivity contribution in [3.8, 4) is 0 Å². The van der Waals surface area contributed by atoms with Crippen molar-refractivity contribution in [2.24, 2.45) is 0 Å². The Morgan fingerprint density at radius 2 is 1.79 bits per heavy atom. The van der Waals surface area contributed by atoms with Crippen LogP contribution in [0.3, 0.4) is 0 Å². The smallest absolute Gasteiger partial charge is 0.305 e. The maximum Gasteiger partial charge on any atom is 0.305 e. The third-order valence-electron chi connectivity index (χ3n) is 3.51. The van der Waals surface area contributed by atoms with Crippen LogP contribution in [0.4, 0.5) is 5.69 Å². The summed E-state index contributed by atoms with van der Waals surface area (Å²) >= 11 is 5.19. The highest BCUT2D eigenvalue weighted by Gasteiger charge is 2.11. The van der Waals surface area contributed by atoms with Gasteiger partial charge in [-0.25, -0.2) is 0 Å².